The van der Waals surface area contributed by atoms with E-state index in [1.165, 1.54) is 28.9 Å². The van der Waals surface area contributed by atoms with Crippen LogP contribution in [0, 0.1) is 30.9 Å². The molecule has 0 aliphatic carbocycles. The fraction of sp³-hybridized carbons (Fsp3) is 0.154. The Balaban J connectivity index is 1.47. The Hall–Kier alpha value is -4.08. The predicted molar refractivity (Wildman–Crippen MR) is 141 cm³/mol. The number of carbonyl (C=O) groups excluding carboxylic acids is 1. The number of nitrogens with one attached hydrogen (secondary N) is 1. The van der Waals surface area contributed by atoms with Gasteiger partial charge in [-0.15, -0.1) is 0 Å². The Labute approximate surface area is 222 Å². The highest BCUT2D eigenvalue weighted by Gasteiger charge is 2.16. The molecule has 37 heavy (non-hydrogen) atoms. The second kappa shape index (κ2) is 10.9. The highest BCUT2D eigenvalue weighted by atomic mass is 35.5. The molecule has 1 N–H and O–H groups in total. The maximum absolute atomic E-state index is 12.8. The lowest BCUT2D eigenvalue weighted by Gasteiger charge is -2.10. The Bertz CT molecular complexity index is 1480. The number of nitrogens with zero attached hydrogens (tertiary/aromatic N) is 3. The quantitative estimate of drug-likeness (QED) is 0.188. The van der Waals surface area contributed by atoms with Crippen LogP contribution in [0.1, 0.15) is 27.2 Å². The number of ether oxygens (including phenoxy) is 2. The van der Waals surface area contributed by atoms with Gasteiger partial charge in [0.2, 0.25) is 0 Å². The molecule has 4 aromatic rings. The highest BCUT2D eigenvalue weighted by molar-refractivity contribution is 6.32. The molecule has 0 spiro atoms. The zero-order valence-electron chi connectivity index (χ0n) is 20.1. The van der Waals surface area contributed by atoms with Gasteiger partial charge in [0.25, 0.3) is 11.6 Å². The van der Waals surface area contributed by atoms with Gasteiger partial charge in [-0.05, 0) is 73.9 Å². The topological polar surface area (TPSA) is 109 Å². The van der Waals surface area contributed by atoms with E-state index in [0.29, 0.717) is 21.5 Å². The molecule has 0 bridgehead atoms. The Morgan fingerprint density at radius 1 is 0.973 bits per heavy atom. The van der Waals surface area contributed by atoms with Crippen molar-refractivity contribution in [2.45, 2.75) is 27.5 Å². The van der Waals surface area contributed by atoms with Crippen LogP contribution in [0.15, 0.2) is 60.8 Å². The standard InChI is InChI=1S/C26H22Cl2N4O5/c1-15-8-20(4-5-23(15)27)37-22-12-18(11-19(13-22)32(34)35)29-26(33)24-6-7-31(30-24)14-36-21-9-16(2)25(28)17(3)10-21/h4-13H,14H2,1-3H3,(H,29,33). The van der Waals surface area contributed by atoms with Gasteiger partial charge >= 0.3 is 0 Å². The molecule has 1 amide bonds. The van der Waals surface area contributed by atoms with Crippen molar-refractivity contribution in [3.8, 4) is 17.2 Å². The maximum Gasteiger partial charge on any atom is 0.276 e. The van der Waals surface area contributed by atoms with Gasteiger partial charge in [-0.2, -0.15) is 5.10 Å². The molecule has 0 fully saturated rings. The third-order valence-corrected chi connectivity index (χ3v) is 6.39. The van der Waals surface area contributed by atoms with Crippen LogP contribution in [0.4, 0.5) is 11.4 Å². The first-order valence-electron chi connectivity index (χ1n) is 11.1. The molecular formula is C26H22Cl2N4O5. The van der Waals surface area contributed by atoms with Crippen molar-refractivity contribution in [3.05, 3.63) is 103 Å². The highest BCUT2D eigenvalue weighted by Crippen LogP contribution is 2.31. The minimum atomic E-state index is -0.568. The van der Waals surface area contributed by atoms with Crippen LogP contribution >= 0.6 is 23.2 Å². The molecule has 1 aromatic heterocycles. The maximum atomic E-state index is 12.8. The van der Waals surface area contributed by atoms with Crippen molar-refractivity contribution < 1.29 is 19.2 Å². The average Bonchev–Trinajstić information content (AvgIpc) is 3.32. The molecule has 0 unspecified atom stereocenters. The number of carbonyl (C=O) groups is 1. The lowest BCUT2D eigenvalue weighted by atomic mass is 10.1. The van der Waals surface area contributed by atoms with E-state index < -0.39 is 10.8 Å². The minimum Gasteiger partial charge on any atom is -0.471 e. The number of amides is 1. The monoisotopic (exact) mass is 540 g/mol. The molecule has 0 aliphatic heterocycles. The fourth-order valence-electron chi connectivity index (χ4n) is 3.52. The van der Waals surface area contributed by atoms with Crippen molar-refractivity contribution in [3.63, 3.8) is 0 Å². The van der Waals surface area contributed by atoms with Crippen LogP contribution in [-0.4, -0.2) is 20.6 Å². The van der Waals surface area contributed by atoms with E-state index in [9.17, 15) is 14.9 Å². The van der Waals surface area contributed by atoms with Crippen LogP contribution in [0.5, 0.6) is 17.2 Å². The Morgan fingerprint density at radius 2 is 1.68 bits per heavy atom. The molecule has 1 heterocycles. The van der Waals surface area contributed by atoms with E-state index in [1.807, 2.05) is 32.9 Å². The van der Waals surface area contributed by atoms with Gasteiger partial charge in [-0.1, -0.05) is 23.2 Å². The fourth-order valence-corrected chi connectivity index (χ4v) is 3.74. The van der Waals surface area contributed by atoms with E-state index in [4.69, 9.17) is 32.7 Å². The van der Waals surface area contributed by atoms with Crippen LogP contribution < -0.4 is 14.8 Å². The summed E-state index contributed by atoms with van der Waals surface area (Å²) in [6.07, 6.45) is 1.59. The first-order valence-corrected chi connectivity index (χ1v) is 11.8. The number of nitro benzene ring substituents is 1. The van der Waals surface area contributed by atoms with Crippen molar-refractivity contribution in [1.82, 2.24) is 9.78 Å². The van der Waals surface area contributed by atoms with Crippen molar-refractivity contribution in [1.29, 1.82) is 0 Å². The van der Waals surface area contributed by atoms with Crippen molar-refractivity contribution in [2.75, 3.05) is 5.32 Å². The Morgan fingerprint density at radius 3 is 2.35 bits per heavy atom. The van der Waals surface area contributed by atoms with E-state index in [1.54, 1.807) is 24.4 Å². The molecule has 9 nitrogen and oxygen atoms in total. The third kappa shape index (κ3) is 6.38. The Kier molecular flexibility index (Phi) is 7.66. The molecule has 4 rings (SSSR count). The molecule has 0 aliphatic rings. The van der Waals surface area contributed by atoms with Gasteiger partial charge < -0.3 is 14.8 Å². The first kappa shape index (κ1) is 26.0. The molecule has 0 saturated heterocycles. The smallest absolute Gasteiger partial charge is 0.276 e. The van der Waals surface area contributed by atoms with Gasteiger partial charge in [-0.3, -0.25) is 14.9 Å². The number of aryl methyl sites for hydroxylation is 3. The summed E-state index contributed by atoms with van der Waals surface area (Å²) in [6.45, 7) is 5.66. The summed E-state index contributed by atoms with van der Waals surface area (Å²) in [5.41, 5.74) is 2.62. The van der Waals surface area contributed by atoms with Crippen LogP contribution in [0.3, 0.4) is 0 Å². The third-order valence-electron chi connectivity index (χ3n) is 5.37. The van der Waals surface area contributed by atoms with Gasteiger partial charge in [0.1, 0.15) is 17.2 Å². The van der Waals surface area contributed by atoms with Crippen LogP contribution in [0.2, 0.25) is 10.0 Å². The normalized spacial score (nSPS) is 10.7. The molecule has 0 radical (unpaired) electrons. The molecule has 0 saturated carbocycles. The zero-order valence-corrected chi connectivity index (χ0v) is 21.6. The van der Waals surface area contributed by atoms with Crippen molar-refractivity contribution in [2.24, 2.45) is 0 Å². The molecule has 11 heteroatoms. The summed E-state index contributed by atoms with van der Waals surface area (Å²) in [7, 11) is 0. The summed E-state index contributed by atoms with van der Waals surface area (Å²) in [5.74, 6) is 0.704. The summed E-state index contributed by atoms with van der Waals surface area (Å²) >= 11 is 12.2. The number of halogens is 2. The number of hydrogen-bond acceptors (Lipinski definition) is 6. The number of rotatable bonds is 8. The number of nitro groups is 1. The summed E-state index contributed by atoms with van der Waals surface area (Å²) in [4.78, 5) is 23.7. The van der Waals surface area contributed by atoms with E-state index >= 15 is 0 Å². The van der Waals surface area contributed by atoms with Crippen molar-refractivity contribution >= 4 is 40.5 Å². The molecule has 3 aromatic carbocycles. The average molecular weight is 541 g/mol. The van der Waals surface area contributed by atoms with Gasteiger partial charge in [0, 0.05) is 28.4 Å². The van der Waals surface area contributed by atoms with Gasteiger partial charge in [-0.25, -0.2) is 4.68 Å². The van der Waals surface area contributed by atoms with E-state index in [2.05, 4.69) is 10.4 Å². The summed E-state index contributed by atoms with van der Waals surface area (Å²) in [6, 6.07) is 14.2. The molecule has 190 valence electrons. The largest absolute Gasteiger partial charge is 0.471 e. The SMILES string of the molecule is Cc1cc(Oc2cc(NC(=O)c3ccn(COc4cc(C)c(Cl)c(C)c4)n3)cc([N+](=O)[O-])c2)ccc1Cl. The second-order valence-corrected chi connectivity index (χ2v) is 9.11. The lowest BCUT2D eigenvalue weighted by molar-refractivity contribution is -0.384. The molecule has 0 atom stereocenters. The number of benzene rings is 3. The summed E-state index contributed by atoms with van der Waals surface area (Å²) < 4.78 is 13.0. The molecular weight excluding hydrogens is 519 g/mol. The van der Waals surface area contributed by atoms with Gasteiger partial charge in [0.15, 0.2) is 12.4 Å². The zero-order chi connectivity index (χ0) is 26.7. The van der Waals surface area contributed by atoms with E-state index in [0.717, 1.165) is 16.7 Å². The first-order chi connectivity index (χ1) is 17.6. The predicted octanol–water partition coefficient (Wildman–Crippen LogP) is 7.10. The number of anilines is 1. The lowest BCUT2D eigenvalue weighted by Crippen LogP contribution is -2.14. The number of aromatic nitrogens is 2. The minimum absolute atomic E-state index is 0.0725. The number of hydrogen-bond donors (Lipinski definition) is 1. The second-order valence-electron chi connectivity index (χ2n) is 8.32. The van der Waals surface area contributed by atoms with Crippen LogP contribution in [-0.2, 0) is 6.73 Å². The van der Waals surface area contributed by atoms with Crippen LogP contribution in [0.25, 0.3) is 0 Å². The summed E-state index contributed by atoms with van der Waals surface area (Å²) in [5, 5.41) is 19.6. The number of non-ortho nitro benzene ring substituents is 1. The van der Waals surface area contributed by atoms with Gasteiger partial charge in [0.05, 0.1) is 16.7 Å². The van der Waals surface area contributed by atoms with E-state index in [-0.39, 0.29) is 29.5 Å².